The Morgan fingerprint density at radius 2 is 2.19 bits per heavy atom. The molecule has 0 saturated heterocycles. The summed E-state index contributed by atoms with van der Waals surface area (Å²) in [7, 11) is 1.33. The number of nitro groups is 1. The Labute approximate surface area is 121 Å². The summed E-state index contributed by atoms with van der Waals surface area (Å²) in [6.45, 7) is 0.434. The smallest absolute Gasteiger partial charge is 0.311 e. The molecule has 7 heteroatoms. The molecule has 0 bridgehead atoms. The first-order chi connectivity index (χ1) is 10.1. The Morgan fingerprint density at radius 3 is 2.90 bits per heavy atom. The lowest BCUT2D eigenvalue weighted by molar-refractivity contribution is -0.384. The van der Waals surface area contributed by atoms with E-state index < -0.39 is 4.92 Å². The number of ether oxygens (including phenoxy) is 1. The van der Waals surface area contributed by atoms with Crippen LogP contribution in [-0.4, -0.2) is 29.5 Å². The van der Waals surface area contributed by atoms with Crippen molar-refractivity contribution in [1.82, 2.24) is 4.98 Å². The number of benzene rings is 1. The molecule has 21 heavy (non-hydrogen) atoms. The van der Waals surface area contributed by atoms with Gasteiger partial charge in [0.2, 0.25) is 0 Å². The molecule has 1 aromatic carbocycles. The Hall–Kier alpha value is -2.70. The fourth-order valence-corrected chi connectivity index (χ4v) is 2.00. The van der Waals surface area contributed by atoms with Gasteiger partial charge in [-0.15, -0.1) is 0 Å². The number of nitrogens with one attached hydrogen (secondary N) is 1. The lowest BCUT2D eigenvalue weighted by Crippen LogP contribution is -2.08. The molecule has 7 nitrogen and oxygen atoms in total. The van der Waals surface area contributed by atoms with Crippen LogP contribution in [0.1, 0.15) is 12.8 Å². The number of pyridine rings is 1. The number of hydrogen-bond acceptors (Lipinski definition) is 6. The highest BCUT2D eigenvalue weighted by atomic mass is 16.6. The second-order valence-electron chi connectivity index (χ2n) is 4.40. The van der Waals surface area contributed by atoms with Gasteiger partial charge in [-0.05, 0) is 12.5 Å². The molecule has 0 amide bonds. The molecule has 0 spiro atoms. The van der Waals surface area contributed by atoms with Gasteiger partial charge in [-0.2, -0.15) is 0 Å². The lowest BCUT2D eigenvalue weighted by Gasteiger charge is -2.09. The van der Waals surface area contributed by atoms with E-state index in [1.807, 2.05) is 6.07 Å². The van der Waals surface area contributed by atoms with E-state index in [0.29, 0.717) is 29.6 Å². The van der Waals surface area contributed by atoms with Crippen LogP contribution in [-0.2, 0) is 9.53 Å². The van der Waals surface area contributed by atoms with E-state index in [-0.39, 0.29) is 18.1 Å². The average molecular weight is 289 g/mol. The Balaban J connectivity index is 2.21. The maximum Gasteiger partial charge on any atom is 0.311 e. The summed E-state index contributed by atoms with van der Waals surface area (Å²) < 4.78 is 4.55. The largest absolute Gasteiger partial charge is 0.469 e. The van der Waals surface area contributed by atoms with Gasteiger partial charge < -0.3 is 10.1 Å². The highest BCUT2D eigenvalue weighted by Crippen LogP contribution is 2.31. The third kappa shape index (κ3) is 3.44. The second-order valence-corrected chi connectivity index (χ2v) is 4.40. The number of nitrogens with zero attached hydrogens (tertiary/aromatic N) is 2. The molecule has 110 valence electrons. The fourth-order valence-electron chi connectivity index (χ4n) is 2.00. The van der Waals surface area contributed by atoms with Crippen LogP contribution >= 0.6 is 0 Å². The van der Waals surface area contributed by atoms with Crippen molar-refractivity contribution in [3.63, 3.8) is 0 Å². The number of hydrogen-bond donors (Lipinski definition) is 1. The maximum atomic E-state index is 11.1. The number of methoxy groups -OCH3 is 1. The summed E-state index contributed by atoms with van der Waals surface area (Å²) in [6, 6.07) is 7.19. The minimum atomic E-state index is -0.470. The highest BCUT2D eigenvalue weighted by molar-refractivity contribution is 5.95. The zero-order valence-corrected chi connectivity index (χ0v) is 11.5. The first kappa shape index (κ1) is 14.7. The predicted octanol–water partition coefficient (Wildman–Crippen LogP) is 2.51. The van der Waals surface area contributed by atoms with Gasteiger partial charge in [-0.1, -0.05) is 18.2 Å². The van der Waals surface area contributed by atoms with Gasteiger partial charge in [-0.25, -0.2) is 4.98 Å². The van der Waals surface area contributed by atoms with Gasteiger partial charge in [0.1, 0.15) is 11.9 Å². The summed E-state index contributed by atoms with van der Waals surface area (Å²) in [5, 5.41) is 14.8. The number of para-hydroxylation sites is 1. The Kier molecular flexibility index (Phi) is 4.65. The third-order valence-electron chi connectivity index (χ3n) is 3.04. The van der Waals surface area contributed by atoms with Crippen LogP contribution in [0.5, 0.6) is 0 Å². The van der Waals surface area contributed by atoms with Gasteiger partial charge in [-0.3, -0.25) is 14.9 Å². The number of carbonyl (C=O) groups is 1. The summed E-state index contributed by atoms with van der Waals surface area (Å²) in [4.78, 5) is 25.8. The standard InChI is InChI=1S/C14H15N3O4/c1-21-13(18)7-4-8-15-14-10-5-2-3-6-11(10)16-9-12(14)17(19)20/h2-3,5-6,9H,4,7-8H2,1H3,(H,15,16). The van der Waals surface area contributed by atoms with E-state index in [1.54, 1.807) is 18.2 Å². The molecule has 0 atom stereocenters. The number of carbonyl (C=O) groups excluding carboxylic acids is 1. The predicted molar refractivity (Wildman–Crippen MR) is 78.1 cm³/mol. The normalized spacial score (nSPS) is 10.3. The van der Waals surface area contributed by atoms with Crippen molar-refractivity contribution in [3.05, 3.63) is 40.6 Å². The molecule has 0 aliphatic heterocycles. The lowest BCUT2D eigenvalue weighted by atomic mass is 10.1. The first-order valence-electron chi connectivity index (χ1n) is 6.46. The van der Waals surface area contributed by atoms with E-state index in [1.165, 1.54) is 13.3 Å². The van der Waals surface area contributed by atoms with Crippen LogP contribution in [0.3, 0.4) is 0 Å². The van der Waals surface area contributed by atoms with Crippen LogP contribution in [0.4, 0.5) is 11.4 Å². The van der Waals surface area contributed by atoms with Gasteiger partial charge in [0.25, 0.3) is 0 Å². The zero-order valence-electron chi connectivity index (χ0n) is 11.5. The molecule has 0 unspecified atom stereocenters. The topological polar surface area (TPSA) is 94.4 Å². The number of fused-ring (bicyclic) bond motifs is 1. The maximum absolute atomic E-state index is 11.1. The van der Waals surface area contributed by atoms with Crippen molar-refractivity contribution >= 4 is 28.2 Å². The van der Waals surface area contributed by atoms with Crippen LogP contribution in [0.15, 0.2) is 30.5 Å². The van der Waals surface area contributed by atoms with Gasteiger partial charge in [0.05, 0.1) is 17.5 Å². The first-order valence-corrected chi connectivity index (χ1v) is 6.46. The van der Waals surface area contributed by atoms with E-state index in [2.05, 4.69) is 15.0 Å². The molecule has 2 aromatic rings. The van der Waals surface area contributed by atoms with E-state index in [4.69, 9.17) is 0 Å². The summed E-state index contributed by atoms with van der Waals surface area (Å²) in [5.41, 5.74) is 1.03. The molecule has 1 N–H and O–H groups in total. The van der Waals surface area contributed by atoms with Crippen molar-refractivity contribution in [2.75, 3.05) is 19.0 Å². The van der Waals surface area contributed by atoms with Crippen molar-refractivity contribution in [1.29, 1.82) is 0 Å². The van der Waals surface area contributed by atoms with Gasteiger partial charge in [0.15, 0.2) is 0 Å². The molecular formula is C14H15N3O4. The van der Waals surface area contributed by atoms with Crippen molar-refractivity contribution < 1.29 is 14.5 Å². The molecule has 1 heterocycles. The summed E-state index contributed by atoms with van der Waals surface area (Å²) >= 11 is 0. The fraction of sp³-hybridized carbons (Fsp3) is 0.286. The third-order valence-corrected chi connectivity index (χ3v) is 3.04. The molecule has 0 fully saturated rings. The summed E-state index contributed by atoms with van der Waals surface area (Å²) in [5.74, 6) is -0.300. The van der Waals surface area contributed by atoms with Crippen LogP contribution < -0.4 is 5.32 Å². The minimum absolute atomic E-state index is 0.0771. The number of anilines is 1. The van der Waals surface area contributed by atoms with Crippen molar-refractivity contribution in [2.24, 2.45) is 0 Å². The van der Waals surface area contributed by atoms with Gasteiger partial charge in [0, 0.05) is 18.4 Å². The average Bonchev–Trinajstić information content (AvgIpc) is 2.50. The van der Waals surface area contributed by atoms with E-state index >= 15 is 0 Å². The Morgan fingerprint density at radius 1 is 1.43 bits per heavy atom. The SMILES string of the molecule is COC(=O)CCCNc1c([N+](=O)[O-])cnc2ccccc12. The molecule has 0 radical (unpaired) electrons. The van der Waals surface area contributed by atoms with E-state index in [9.17, 15) is 14.9 Å². The molecular weight excluding hydrogens is 274 g/mol. The summed E-state index contributed by atoms with van der Waals surface area (Å²) in [6.07, 6.45) is 2.03. The molecule has 1 aromatic heterocycles. The number of aromatic nitrogens is 1. The molecule has 0 aliphatic carbocycles. The quantitative estimate of drug-likeness (QED) is 0.380. The van der Waals surface area contributed by atoms with E-state index in [0.717, 1.165) is 0 Å². The highest BCUT2D eigenvalue weighted by Gasteiger charge is 2.17. The molecule has 2 rings (SSSR count). The molecule has 0 saturated carbocycles. The monoisotopic (exact) mass is 289 g/mol. The van der Waals surface area contributed by atoms with Crippen molar-refractivity contribution in [2.45, 2.75) is 12.8 Å². The van der Waals surface area contributed by atoms with Crippen LogP contribution in [0.25, 0.3) is 10.9 Å². The molecule has 0 aliphatic rings. The van der Waals surface area contributed by atoms with Gasteiger partial charge >= 0.3 is 11.7 Å². The minimum Gasteiger partial charge on any atom is -0.469 e. The Bertz CT molecular complexity index is 672. The number of rotatable bonds is 6. The zero-order chi connectivity index (χ0) is 15.2. The van der Waals surface area contributed by atoms with Crippen LogP contribution in [0, 0.1) is 10.1 Å². The second kappa shape index (κ2) is 6.65. The van der Waals surface area contributed by atoms with Crippen LogP contribution in [0.2, 0.25) is 0 Å². The van der Waals surface area contributed by atoms with Crippen molar-refractivity contribution in [3.8, 4) is 0 Å². The number of esters is 1.